The van der Waals surface area contributed by atoms with E-state index in [1.807, 2.05) is 0 Å². The number of halogens is 2. The van der Waals surface area contributed by atoms with Crippen LogP contribution in [-0.2, 0) is 6.42 Å². The lowest BCUT2D eigenvalue weighted by molar-refractivity contribution is 0.456. The van der Waals surface area contributed by atoms with Crippen LogP contribution in [0, 0.1) is 11.6 Å². The van der Waals surface area contributed by atoms with Gasteiger partial charge in [0.2, 0.25) is 0 Å². The second-order valence-electron chi connectivity index (χ2n) is 2.74. The van der Waals surface area contributed by atoms with E-state index in [2.05, 4.69) is 5.32 Å². The van der Waals surface area contributed by atoms with Gasteiger partial charge in [0.1, 0.15) is 17.4 Å². The zero-order valence-corrected chi connectivity index (χ0v) is 7.27. The Kier molecular flexibility index (Phi) is 3.19. The largest absolute Gasteiger partial charge is 0.508 e. The molecule has 2 nitrogen and oxygen atoms in total. The highest BCUT2D eigenvalue weighted by Gasteiger charge is 2.09. The van der Waals surface area contributed by atoms with Gasteiger partial charge in [-0.1, -0.05) is 0 Å². The molecule has 1 rings (SSSR count). The van der Waals surface area contributed by atoms with Crippen molar-refractivity contribution in [3.8, 4) is 5.75 Å². The van der Waals surface area contributed by atoms with Gasteiger partial charge in [-0.05, 0) is 20.0 Å². The molecule has 0 saturated heterocycles. The van der Waals surface area contributed by atoms with E-state index in [1.54, 1.807) is 7.05 Å². The second-order valence-corrected chi connectivity index (χ2v) is 2.74. The van der Waals surface area contributed by atoms with Gasteiger partial charge in [-0.3, -0.25) is 0 Å². The third kappa shape index (κ3) is 2.39. The van der Waals surface area contributed by atoms with E-state index in [0.29, 0.717) is 6.54 Å². The molecular formula is C9H11F2NO. The molecule has 0 aromatic heterocycles. The molecule has 1 aromatic carbocycles. The van der Waals surface area contributed by atoms with Crippen molar-refractivity contribution in [3.63, 3.8) is 0 Å². The summed E-state index contributed by atoms with van der Waals surface area (Å²) in [5.74, 6) is -1.79. The van der Waals surface area contributed by atoms with E-state index in [0.717, 1.165) is 12.1 Å². The molecule has 4 heteroatoms. The Morgan fingerprint density at radius 1 is 1.31 bits per heavy atom. The van der Waals surface area contributed by atoms with Gasteiger partial charge in [0, 0.05) is 17.7 Å². The van der Waals surface area contributed by atoms with E-state index in [-0.39, 0.29) is 17.7 Å². The highest BCUT2D eigenvalue weighted by Crippen LogP contribution is 2.19. The smallest absolute Gasteiger partial charge is 0.133 e. The van der Waals surface area contributed by atoms with Crippen LogP contribution in [0.15, 0.2) is 12.1 Å². The first-order chi connectivity index (χ1) is 6.15. The molecule has 0 atom stereocenters. The minimum Gasteiger partial charge on any atom is -0.508 e. The molecule has 0 aliphatic heterocycles. The van der Waals surface area contributed by atoms with E-state index >= 15 is 0 Å². The maximum absolute atomic E-state index is 13.0. The van der Waals surface area contributed by atoms with Gasteiger partial charge in [-0.2, -0.15) is 0 Å². The molecule has 0 spiro atoms. The molecule has 0 fully saturated rings. The number of phenolic OH excluding ortho intramolecular Hbond substituents is 1. The van der Waals surface area contributed by atoms with Crippen LogP contribution in [-0.4, -0.2) is 18.7 Å². The first kappa shape index (κ1) is 9.92. The predicted octanol–water partition coefficient (Wildman–Crippen LogP) is 1.43. The second kappa shape index (κ2) is 4.18. The molecule has 0 heterocycles. The van der Waals surface area contributed by atoms with Crippen molar-refractivity contribution in [3.05, 3.63) is 29.3 Å². The van der Waals surface area contributed by atoms with Crippen molar-refractivity contribution in [2.24, 2.45) is 0 Å². The van der Waals surface area contributed by atoms with Crippen molar-refractivity contribution < 1.29 is 13.9 Å². The van der Waals surface area contributed by atoms with Crippen LogP contribution in [0.4, 0.5) is 8.78 Å². The van der Waals surface area contributed by atoms with Crippen LogP contribution in [0.5, 0.6) is 5.75 Å². The SMILES string of the molecule is CNCCc1c(F)cc(O)cc1F. The minimum absolute atomic E-state index is 0.00662. The Bertz CT molecular complexity index is 279. The van der Waals surface area contributed by atoms with Gasteiger partial charge in [0.15, 0.2) is 0 Å². The number of hydrogen-bond acceptors (Lipinski definition) is 2. The van der Waals surface area contributed by atoms with Crippen LogP contribution in [0.2, 0.25) is 0 Å². The van der Waals surface area contributed by atoms with Gasteiger partial charge in [-0.25, -0.2) is 8.78 Å². The maximum Gasteiger partial charge on any atom is 0.133 e. The fourth-order valence-electron chi connectivity index (χ4n) is 1.08. The molecule has 2 N–H and O–H groups in total. The number of likely N-dealkylation sites (N-methyl/N-ethyl adjacent to an activating group) is 1. The molecule has 0 radical (unpaired) electrons. The van der Waals surface area contributed by atoms with Gasteiger partial charge in [0.05, 0.1) is 0 Å². The van der Waals surface area contributed by atoms with E-state index in [9.17, 15) is 8.78 Å². The summed E-state index contributed by atoms with van der Waals surface area (Å²) in [5, 5.41) is 11.6. The summed E-state index contributed by atoms with van der Waals surface area (Å²) >= 11 is 0. The van der Waals surface area contributed by atoms with Gasteiger partial charge < -0.3 is 10.4 Å². The Morgan fingerprint density at radius 3 is 2.31 bits per heavy atom. The molecule has 0 saturated carbocycles. The summed E-state index contributed by atoms with van der Waals surface area (Å²) in [5.41, 5.74) is 0.00662. The van der Waals surface area contributed by atoms with E-state index in [1.165, 1.54) is 0 Å². The summed E-state index contributed by atoms with van der Waals surface area (Å²) in [6.07, 6.45) is 0.272. The molecule has 0 aliphatic rings. The number of rotatable bonds is 3. The Labute approximate surface area is 75.2 Å². The van der Waals surface area contributed by atoms with Gasteiger partial charge in [-0.15, -0.1) is 0 Å². The standard InChI is InChI=1S/C9H11F2NO/c1-12-3-2-7-8(10)4-6(13)5-9(7)11/h4-5,12-13H,2-3H2,1H3. The average molecular weight is 187 g/mol. The molecule has 13 heavy (non-hydrogen) atoms. The number of aromatic hydroxyl groups is 1. The third-order valence-corrected chi connectivity index (χ3v) is 1.75. The Morgan fingerprint density at radius 2 is 1.85 bits per heavy atom. The maximum atomic E-state index is 13.0. The summed E-state index contributed by atoms with van der Waals surface area (Å²) < 4.78 is 26.0. The molecule has 72 valence electrons. The zero-order valence-electron chi connectivity index (χ0n) is 7.27. The monoisotopic (exact) mass is 187 g/mol. The third-order valence-electron chi connectivity index (χ3n) is 1.75. The highest BCUT2D eigenvalue weighted by atomic mass is 19.1. The fourth-order valence-corrected chi connectivity index (χ4v) is 1.08. The first-order valence-corrected chi connectivity index (χ1v) is 3.96. The quantitative estimate of drug-likeness (QED) is 0.750. The summed E-state index contributed by atoms with van der Waals surface area (Å²) in [6, 6.07) is 1.82. The van der Waals surface area contributed by atoms with Crippen LogP contribution in [0.25, 0.3) is 0 Å². The number of phenols is 1. The van der Waals surface area contributed by atoms with Gasteiger partial charge >= 0.3 is 0 Å². The van der Waals surface area contributed by atoms with E-state index < -0.39 is 11.6 Å². The lowest BCUT2D eigenvalue weighted by Crippen LogP contribution is -2.12. The van der Waals surface area contributed by atoms with Crippen molar-refractivity contribution in [2.45, 2.75) is 6.42 Å². The Hall–Kier alpha value is -1.16. The van der Waals surface area contributed by atoms with Crippen molar-refractivity contribution >= 4 is 0 Å². The van der Waals surface area contributed by atoms with Crippen LogP contribution in [0.1, 0.15) is 5.56 Å². The number of nitrogens with one attached hydrogen (secondary N) is 1. The highest BCUT2D eigenvalue weighted by molar-refractivity contribution is 5.29. The van der Waals surface area contributed by atoms with Crippen molar-refractivity contribution in [1.82, 2.24) is 5.32 Å². The van der Waals surface area contributed by atoms with Crippen molar-refractivity contribution in [1.29, 1.82) is 0 Å². The molecule has 1 aromatic rings. The Balaban J connectivity index is 2.92. The molecule has 0 amide bonds. The zero-order chi connectivity index (χ0) is 9.84. The molecule has 0 unspecified atom stereocenters. The molecule has 0 aliphatic carbocycles. The fraction of sp³-hybridized carbons (Fsp3) is 0.333. The minimum atomic E-state index is -0.701. The number of benzene rings is 1. The summed E-state index contributed by atoms with van der Waals surface area (Å²) in [4.78, 5) is 0. The molecule has 0 bridgehead atoms. The van der Waals surface area contributed by atoms with Crippen LogP contribution in [0.3, 0.4) is 0 Å². The topological polar surface area (TPSA) is 32.3 Å². The predicted molar refractivity (Wildman–Crippen MR) is 45.7 cm³/mol. The summed E-state index contributed by atoms with van der Waals surface area (Å²) in [7, 11) is 1.70. The van der Waals surface area contributed by atoms with Crippen LogP contribution >= 0.6 is 0 Å². The lowest BCUT2D eigenvalue weighted by Gasteiger charge is -2.04. The first-order valence-electron chi connectivity index (χ1n) is 3.96. The number of hydrogen-bond donors (Lipinski definition) is 2. The average Bonchev–Trinajstić information content (AvgIpc) is 2.02. The van der Waals surface area contributed by atoms with E-state index in [4.69, 9.17) is 5.11 Å². The summed E-state index contributed by atoms with van der Waals surface area (Å²) in [6.45, 7) is 0.499. The lowest BCUT2D eigenvalue weighted by atomic mass is 10.1. The normalized spacial score (nSPS) is 10.4. The van der Waals surface area contributed by atoms with Crippen LogP contribution < -0.4 is 5.32 Å². The molecular weight excluding hydrogens is 176 g/mol. The van der Waals surface area contributed by atoms with Crippen molar-refractivity contribution in [2.75, 3.05) is 13.6 Å². The van der Waals surface area contributed by atoms with Gasteiger partial charge in [0.25, 0.3) is 0 Å².